The minimum atomic E-state index is -0.491. The molecule has 0 atom stereocenters. The predicted octanol–water partition coefficient (Wildman–Crippen LogP) is 24.0. The van der Waals surface area contributed by atoms with Crippen LogP contribution in [0.25, 0.3) is 0 Å². The van der Waals surface area contributed by atoms with Crippen LogP contribution in [0.1, 0.15) is 188 Å². The molecule has 6 aromatic rings. The zero-order valence-corrected chi connectivity index (χ0v) is 60.8. The Kier molecular flexibility index (Phi) is 36.6. The molecule has 6 aromatic carbocycles. The molecule has 0 fully saturated rings. The van der Waals surface area contributed by atoms with Crippen molar-refractivity contribution in [1.29, 1.82) is 0 Å². The number of nitrogens with zero attached hydrogens (tertiary/aromatic N) is 12. The van der Waals surface area contributed by atoms with Crippen molar-refractivity contribution in [2.75, 3.05) is 63.4 Å². The Balaban J connectivity index is 0.000000361. The summed E-state index contributed by atoms with van der Waals surface area (Å²) in [6.45, 7) is 23.0. The van der Waals surface area contributed by atoms with Crippen molar-refractivity contribution in [2.24, 2.45) is 46.3 Å². The fraction of sp³-hybridized carbons (Fsp3) is 0.487. The first-order valence-electron chi connectivity index (χ1n) is 35.5. The van der Waals surface area contributed by atoms with Crippen molar-refractivity contribution in [2.45, 2.75) is 190 Å². The number of nitro groups is 2. The molecule has 0 N–H and O–H groups in total. The number of ether oxygens (including phenoxy) is 4. The Morgan fingerprint density at radius 1 is 0.440 bits per heavy atom. The topological polar surface area (TPSA) is 263 Å². The smallest absolute Gasteiger partial charge is 0.333 e. The number of esters is 2. The third-order valence-electron chi connectivity index (χ3n) is 17.2. The highest BCUT2D eigenvalue weighted by Gasteiger charge is 2.27. The molecule has 0 amide bonds. The zero-order valence-electron chi connectivity index (χ0n) is 60.8. The van der Waals surface area contributed by atoms with Crippen LogP contribution in [-0.4, -0.2) is 75.4 Å². The molecule has 0 spiro atoms. The Morgan fingerprint density at radius 3 is 1.06 bits per heavy atom. The highest BCUT2D eigenvalue weighted by atomic mass is 16.6. The summed E-state index contributed by atoms with van der Waals surface area (Å²) < 4.78 is 22.2. The number of hydrogen-bond donors (Lipinski definition) is 0. The molecule has 0 heterocycles. The molecule has 0 unspecified atom stereocenters. The van der Waals surface area contributed by atoms with Gasteiger partial charge in [0.1, 0.15) is 36.1 Å². The summed E-state index contributed by atoms with van der Waals surface area (Å²) in [5, 5.41) is 56.7. The Labute approximate surface area is 592 Å². The fourth-order valence-corrected chi connectivity index (χ4v) is 10.5. The van der Waals surface area contributed by atoms with Gasteiger partial charge in [0.2, 0.25) is 0 Å². The highest BCUT2D eigenvalue weighted by Crippen LogP contribution is 2.39. The van der Waals surface area contributed by atoms with Crippen molar-refractivity contribution in [3.05, 3.63) is 165 Å². The lowest BCUT2D eigenvalue weighted by molar-refractivity contribution is -0.385. The number of benzene rings is 6. The van der Waals surface area contributed by atoms with Crippen LogP contribution in [0.3, 0.4) is 0 Å². The van der Waals surface area contributed by atoms with Crippen LogP contribution in [0, 0.1) is 39.5 Å². The summed E-state index contributed by atoms with van der Waals surface area (Å²) in [4.78, 5) is 50.0. The third kappa shape index (κ3) is 29.5. The maximum atomic E-state index is 12.6. The molecule has 0 aromatic heterocycles. The molecule has 0 saturated heterocycles. The van der Waals surface area contributed by atoms with Gasteiger partial charge in [-0.05, 0) is 150 Å². The molecule has 22 heteroatoms. The lowest BCUT2D eigenvalue weighted by atomic mass is 9.91. The van der Waals surface area contributed by atoms with Gasteiger partial charge in [0.25, 0.3) is 11.4 Å². The van der Waals surface area contributed by atoms with E-state index in [0.29, 0.717) is 82.3 Å². The quantitative estimate of drug-likeness (QED) is 0.00863. The molecule has 6 rings (SSSR count). The Morgan fingerprint density at radius 2 is 0.750 bits per heavy atom. The number of aryl methyl sites for hydroxylation is 2. The summed E-state index contributed by atoms with van der Waals surface area (Å²) in [6, 6.07) is 34.6. The molecule has 0 saturated carbocycles. The molecule has 0 bridgehead atoms. The summed E-state index contributed by atoms with van der Waals surface area (Å²) in [5.41, 5.74) is 8.19. The molecule has 538 valence electrons. The van der Waals surface area contributed by atoms with Crippen molar-refractivity contribution in [1.82, 2.24) is 0 Å². The van der Waals surface area contributed by atoms with Gasteiger partial charge in [-0.25, -0.2) is 4.79 Å². The van der Waals surface area contributed by atoms with E-state index in [2.05, 4.69) is 71.1 Å². The maximum Gasteiger partial charge on any atom is 0.333 e. The van der Waals surface area contributed by atoms with Crippen molar-refractivity contribution in [3.63, 3.8) is 0 Å². The van der Waals surface area contributed by atoms with Gasteiger partial charge in [-0.1, -0.05) is 143 Å². The van der Waals surface area contributed by atoms with E-state index in [1.54, 1.807) is 45.4 Å². The van der Waals surface area contributed by atoms with E-state index in [1.165, 1.54) is 152 Å². The number of anilines is 2. The van der Waals surface area contributed by atoms with Gasteiger partial charge in [-0.15, -0.1) is 10.2 Å². The minimum Gasteiger partial charge on any atom is -0.494 e. The molecule has 0 aliphatic carbocycles. The maximum absolute atomic E-state index is 12.6. The SMILES string of the molecule is C=C(C)C(=O)OCCN(CCCCCCCCCCCC)c1ccc(N=Nc2cc(C)c(N=Nc3ccc([N+](=O)[O-])cc3)cc2OC)cc1.CCCCCCCCCCCCN(CCOC(=O)C(C)(C)CC)c1ccc(N=Nc2cc(C)c(N=Nc3ccc([N+](=O)[O-])cc3)cc2OC)cc1. The number of carbonyl (C=O) groups excluding carboxylic acids is 2. The Hall–Kier alpha value is -9.60. The highest BCUT2D eigenvalue weighted by molar-refractivity contribution is 5.87. The number of nitro benzene ring substituents is 2. The van der Waals surface area contributed by atoms with E-state index in [9.17, 15) is 29.8 Å². The number of non-ortho nitro benzene ring substituents is 2. The number of rotatable bonds is 45. The lowest BCUT2D eigenvalue weighted by Crippen LogP contribution is -2.32. The molecule has 0 radical (unpaired) electrons. The molecule has 0 aliphatic heterocycles. The summed E-state index contributed by atoms with van der Waals surface area (Å²) in [7, 11) is 3.10. The second kappa shape index (κ2) is 45.1. The molecule has 100 heavy (non-hydrogen) atoms. The number of methoxy groups -OCH3 is 2. The van der Waals surface area contributed by atoms with Crippen LogP contribution >= 0.6 is 0 Å². The number of hydrogen-bond acceptors (Lipinski definition) is 20. The molecular weight excluding hydrogens is 1260 g/mol. The van der Waals surface area contributed by atoms with Gasteiger partial charge in [0.05, 0.1) is 76.7 Å². The van der Waals surface area contributed by atoms with E-state index >= 15 is 0 Å². The van der Waals surface area contributed by atoms with E-state index in [1.807, 2.05) is 95.3 Å². The summed E-state index contributed by atoms with van der Waals surface area (Å²) in [6.07, 6.45) is 26.2. The second-order valence-electron chi connectivity index (χ2n) is 25.6. The predicted molar refractivity (Wildman–Crippen MR) is 400 cm³/mol. The van der Waals surface area contributed by atoms with Crippen molar-refractivity contribution < 1.29 is 38.4 Å². The van der Waals surface area contributed by atoms with E-state index in [-0.39, 0.29) is 29.9 Å². The first-order chi connectivity index (χ1) is 48.3. The zero-order chi connectivity index (χ0) is 72.5. The van der Waals surface area contributed by atoms with Crippen LogP contribution in [0.15, 0.2) is 174 Å². The number of azo groups is 4. The Bertz CT molecular complexity index is 3600. The average molecular weight is 1370 g/mol. The number of carbonyl (C=O) groups is 2. The van der Waals surface area contributed by atoms with Gasteiger partial charge < -0.3 is 28.7 Å². The van der Waals surface area contributed by atoms with Crippen LogP contribution in [-0.2, 0) is 19.1 Å². The normalized spacial score (nSPS) is 11.5. The second-order valence-corrected chi connectivity index (χ2v) is 25.6. The van der Waals surface area contributed by atoms with Crippen LogP contribution in [0.4, 0.5) is 68.2 Å². The monoisotopic (exact) mass is 1370 g/mol. The standard InChI is InChI=1S/C40H56N6O5.C38H50N6O5/c1-7-9-10-11-12-13-14-15-16-17-26-45(27-28-51-39(47)40(4,5)8-2)34-22-18-32(19-23-34)42-44-37-29-31(3)36(30-38(37)50-6)43-41-33-20-24-35(25-21-33)46(48)49;1-6-7-8-9-10-11-12-13-14-15-24-43(25-26-49-38(45)29(2)3)33-20-16-31(17-21-33)40-42-36-27-30(4)35(28-37(36)48-5)41-39-32-18-22-34(23-19-32)44(46)47/h18-25,29-30H,7-17,26-28H2,1-6H3;16-23,27-28H,2,6-15,24-26H2,1,3-5H3. The van der Waals surface area contributed by atoms with Gasteiger partial charge in [-0.3, -0.25) is 25.0 Å². The largest absolute Gasteiger partial charge is 0.494 e. The first-order valence-corrected chi connectivity index (χ1v) is 35.5. The van der Waals surface area contributed by atoms with Gasteiger partial charge in [0, 0.05) is 66.4 Å². The van der Waals surface area contributed by atoms with Crippen molar-refractivity contribution >= 4 is 80.2 Å². The summed E-state index contributed by atoms with van der Waals surface area (Å²) >= 11 is 0. The molecule has 22 nitrogen and oxygen atoms in total. The van der Waals surface area contributed by atoms with Crippen molar-refractivity contribution in [3.8, 4) is 11.5 Å². The van der Waals surface area contributed by atoms with Gasteiger partial charge in [-0.2, -0.15) is 30.7 Å². The third-order valence-corrected chi connectivity index (χ3v) is 17.2. The first kappa shape index (κ1) is 81.1. The van der Waals surface area contributed by atoms with Crippen LogP contribution in [0.2, 0.25) is 0 Å². The minimum absolute atomic E-state index is 0.00730. The summed E-state index contributed by atoms with van der Waals surface area (Å²) in [5.74, 6) is 0.435. The van der Waals surface area contributed by atoms with Crippen LogP contribution < -0.4 is 19.3 Å². The van der Waals surface area contributed by atoms with Gasteiger partial charge in [0.15, 0.2) is 0 Å². The van der Waals surface area contributed by atoms with E-state index in [0.717, 1.165) is 54.9 Å². The average Bonchev–Trinajstić information content (AvgIpc) is 0.851. The lowest BCUT2D eigenvalue weighted by Gasteiger charge is -2.26. The van der Waals surface area contributed by atoms with Crippen LogP contribution in [0.5, 0.6) is 11.5 Å². The van der Waals surface area contributed by atoms with Gasteiger partial charge >= 0.3 is 11.9 Å². The van der Waals surface area contributed by atoms with E-state index in [4.69, 9.17) is 18.9 Å². The molecular formula is C78H106N12O10. The number of unbranched alkanes of at least 4 members (excludes halogenated alkanes) is 18. The molecule has 0 aliphatic rings. The fourth-order valence-electron chi connectivity index (χ4n) is 10.5. The van der Waals surface area contributed by atoms with E-state index < -0.39 is 15.3 Å².